The van der Waals surface area contributed by atoms with E-state index in [1.54, 1.807) is 0 Å². The van der Waals surface area contributed by atoms with Gasteiger partial charge in [-0.2, -0.15) is 0 Å². The highest BCUT2D eigenvalue weighted by atomic mass is 35.5. The highest BCUT2D eigenvalue weighted by Gasteiger charge is 2.24. The number of amides is 2. The number of imidazole rings is 1. The molecular formula is C20H28ClN5O4. The van der Waals surface area contributed by atoms with E-state index in [-0.39, 0.29) is 30.4 Å². The number of H-pyrrole nitrogens is 1. The van der Waals surface area contributed by atoms with Gasteiger partial charge in [-0.3, -0.25) is 9.59 Å². The summed E-state index contributed by atoms with van der Waals surface area (Å²) >= 11 is 0. The molecule has 0 radical (unpaired) electrons. The zero-order valence-corrected chi connectivity index (χ0v) is 17.7. The molecule has 10 heteroatoms. The normalized spacial score (nSPS) is 11.1. The van der Waals surface area contributed by atoms with E-state index < -0.39 is 23.8 Å². The number of rotatable bonds is 11. The summed E-state index contributed by atoms with van der Waals surface area (Å²) in [5, 5.41) is 5.24. The highest BCUT2D eigenvalue weighted by Crippen LogP contribution is 2.06. The maximum atomic E-state index is 12.4. The molecule has 0 unspecified atom stereocenters. The number of aromatic amines is 1. The van der Waals surface area contributed by atoms with Gasteiger partial charge in [-0.15, -0.1) is 12.4 Å². The highest BCUT2D eigenvalue weighted by molar-refractivity contribution is 6.05. The molecule has 2 aromatic rings. The first-order valence-electron chi connectivity index (χ1n) is 9.56. The predicted molar refractivity (Wildman–Crippen MR) is 114 cm³/mol. The van der Waals surface area contributed by atoms with Crippen LogP contribution in [-0.2, 0) is 16.1 Å². The van der Waals surface area contributed by atoms with Crippen molar-refractivity contribution in [3.8, 4) is 0 Å². The summed E-state index contributed by atoms with van der Waals surface area (Å²) in [5.41, 5.74) is 6.25. The molecule has 30 heavy (non-hydrogen) atoms. The number of carbonyl (C=O) groups excluding carboxylic acids is 3. The lowest BCUT2D eigenvalue weighted by Crippen LogP contribution is -2.40. The number of ether oxygens (including phenoxy) is 1. The van der Waals surface area contributed by atoms with Gasteiger partial charge in [0, 0.05) is 6.54 Å². The zero-order chi connectivity index (χ0) is 21.1. The number of esters is 1. The summed E-state index contributed by atoms with van der Waals surface area (Å²) in [6.45, 7) is 2.71. The fourth-order valence-electron chi connectivity index (χ4n) is 2.55. The summed E-state index contributed by atoms with van der Waals surface area (Å²) in [4.78, 5) is 43.4. The van der Waals surface area contributed by atoms with Crippen molar-refractivity contribution >= 4 is 30.2 Å². The Morgan fingerprint density at radius 2 is 1.87 bits per heavy atom. The van der Waals surface area contributed by atoms with Crippen LogP contribution in [0.3, 0.4) is 0 Å². The third-order valence-electron chi connectivity index (χ3n) is 4.17. The molecule has 0 saturated heterocycles. The third kappa shape index (κ3) is 7.84. The molecule has 0 saturated carbocycles. The minimum atomic E-state index is -0.893. The van der Waals surface area contributed by atoms with E-state index in [2.05, 4.69) is 20.6 Å². The Kier molecular flexibility index (Phi) is 11.2. The van der Waals surface area contributed by atoms with Crippen molar-refractivity contribution in [2.75, 3.05) is 13.1 Å². The van der Waals surface area contributed by atoms with Crippen LogP contribution in [-0.4, -0.2) is 46.9 Å². The number of nitrogens with two attached hydrogens (primary N) is 1. The molecular weight excluding hydrogens is 410 g/mol. The van der Waals surface area contributed by atoms with E-state index >= 15 is 0 Å². The largest absolute Gasteiger partial charge is 0.459 e. The van der Waals surface area contributed by atoms with Crippen LogP contribution in [0.2, 0.25) is 0 Å². The Labute approximate surface area is 181 Å². The maximum absolute atomic E-state index is 12.4. The standard InChI is InChI=1S/C20H27N5O4.ClH/c1-14(20(28)29-12-15-8-4-2-5-9-15)25-19(27)17-16(23-13-24-17)18(26)22-11-7-3-6-10-21;/h2,4-5,8-9,13-14H,3,6-7,10-12,21H2,1H3,(H,22,26)(H,23,24)(H,25,27);1H/t14-;/m0./s1. The number of hydrogen-bond donors (Lipinski definition) is 4. The summed E-state index contributed by atoms with van der Waals surface area (Å²) in [7, 11) is 0. The van der Waals surface area contributed by atoms with Crippen molar-refractivity contribution in [2.45, 2.75) is 38.8 Å². The van der Waals surface area contributed by atoms with Crippen molar-refractivity contribution < 1.29 is 19.1 Å². The van der Waals surface area contributed by atoms with Crippen LogP contribution in [0.5, 0.6) is 0 Å². The molecule has 2 amide bonds. The molecule has 0 bridgehead atoms. The number of carbonyl (C=O) groups is 3. The number of halogens is 1. The molecule has 0 aliphatic rings. The minimum Gasteiger partial charge on any atom is -0.459 e. The van der Waals surface area contributed by atoms with Gasteiger partial charge in [0.2, 0.25) is 0 Å². The van der Waals surface area contributed by atoms with Crippen LogP contribution in [0.25, 0.3) is 0 Å². The van der Waals surface area contributed by atoms with Gasteiger partial charge in [0.05, 0.1) is 6.33 Å². The second kappa shape index (κ2) is 13.3. The van der Waals surface area contributed by atoms with Crippen LogP contribution in [0.15, 0.2) is 36.7 Å². The van der Waals surface area contributed by atoms with E-state index in [4.69, 9.17) is 10.5 Å². The number of hydrogen-bond acceptors (Lipinski definition) is 6. The number of nitrogens with one attached hydrogen (secondary N) is 3. The molecule has 164 valence electrons. The predicted octanol–water partition coefficient (Wildman–Crippen LogP) is 1.55. The average molecular weight is 438 g/mol. The van der Waals surface area contributed by atoms with E-state index in [9.17, 15) is 14.4 Å². The first-order chi connectivity index (χ1) is 14.0. The van der Waals surface area contributed by atoms with Gasteiger partial charge in [0.15, 0.2) is 5.69 Å². The molecule has 0 aliphatic carbocycles. The molecule has 1 atom stereocenters. The van der Waals surface area contributed by atoms with Gasteiger partial charge in [-0.1, -0.05) is 36.8 Å². The second-order valence-corrected chi connectivity index (χ2v) is 6.52. The molecule has 0 fully saturated rings. The quantitative estimate of drug-likeness (QED) is 0.310. The lowest BCUT2D eigenvalue weighted by atomic mass is 10.2. The summed E-state index contributed by atoms with van der Waals surface area (Å²) in [6.07, 6.45) is 3.86. The number of benzene rings is 1. The molecule has 2 rings (SSSR count). The Balaban J connectivity index is 0.00000450. The summed E-state index contributed by atoms with van der Waals surface area (Å²) < 4.78 is 5.20. The van der Waals surface area contributed by atoms with Gasteiger partial charge in [-0.25, -0.2) is 9.78 Å². The lowest BCUT2D eigenvalue weighted by molar-refractivity contribution is -0.146. The van der Waals surface area contributed by atoms with Crippen LogP contribution >= 0.6 is 12.4 Å². The van der Waals surface area contributed by atoms with Crippen LogP contribution in [0, 0.1) is 0 Å². The number of aromatic nitrogens is 2. The number of unbranched alkanes of at least 4 members (excludes halogenated alkanes) is 2. The topological polar surface area (TPSA) is 139 Å². The van der Waals surface area contributed by atoms with Gasteiger partial charge in [0.25, 0.3) is 11.8 Å². The zero-order valence-electron chi connectivity index (χ0n) is 16.8. The minimum absolute atomic E-state index is 0. The first kappa shape index (κ1) is 25.1. The molecule has 0 aliphatic heterocycles. The van der Waals surface area contributed by atoms with E-state index in [1.807, 2.05) is 30.3 Å². The molecule has 1 heterocycles. The maximum Gasteiger partial charge on any atom is 0.328 e. The van der Waals surface area contributed by atoms with Crippen molar-refractivity contribution in [1.29, 1.82) is 0 Å². The second-order valence-electron chi connectivity index (χ2n) is 6.52. The summed E-state index contributed by atoms with van der Waals surface area (Å²) in [5.74, 6) is -1.65. The molecule has 0 spiro atoms. The van der Waals surface area contributed by atoms with Crippen LogP contribution < -0.4 is 16.4 Å². The Morgan fingerprint density at radius 3 is 2.57 bits per heavy atom. The molecule has 5 N–H and O–H groups in total. The van der Waals surface area contributed by atoms with E-state index in [1.165, 1.54) is 13.3 Å². The fourth-order valence-corrected chi connectivity index (χ4v) is 2.55. The Hall–Kier alpha value is -2.91. The number of nitrogens with zero attached hydrogens (tertiary/aromatic N) is 1. The van der Waals surface area contributed by atoms with E-state index in [0.29, 0.717) is 13.1 Å². The molecule has 1 aromatic heterocycles. The van der Waals surface area contributed by atoms with Gasteiger partial charge >= 0.3 is 5.97 Å². The molecule has 1 aromatic carbocycles. The SMILES string of the molecule is C[C@H](NC(=O)c1nc[nH]c1C(=O)NCCCCCN)C(=O)OCc1ccccc1.Cl. The van der Waals surface area contributed by atoms with Gasteiger partial charge in [0.1, 0.15) is 18.3 Å². The van der Waals surface area contributed by atoms with Gasteiger partial charge in [-0.05, 0) is 31.9 Å². The Morgan fingerprint density at radius 1 is 1.13 bits per heavy atom. The van der Waals surface area contributed by atoms with Crippen molar-refractivity contribution in [3.05, 3.63) is 53.6 Å². The van der Waals surface area contributed by atoms with Crippen molar-refractivity contribution in [2.24, 2.45) is 5.73 Å². The van der Waals surface area contributed by atoms with Crippen molar-refractivity contribution in [1.82, 2.24) is 20.6 Å². The average Bonchev–Trinajstić information content (AvgIpc) is 3.22. The monoisotopic (exact) mass is 437 g/mol. The smallest absolute Gasteiger partial charge is 0.328 e. The fraction of sp³-hybridized carbons (Fsp3) is 0.400. The summed E-state index contributed by atoms with van der Waals surface area (Å²) in [6, 6.07) is 8.33. The first-order valence-corrected chi connectivity index (χ1v) is 9.56. The molecule has 9 nitrogen and oxygen atoms in total. The van der Waals surface area contributed by atoms with Crippen molar-refractivity contribution in [3.63, 3.8) is 0 Å². The van der Waals surface area contributed by atoms with Crippen LogP contribution in [0.1, 0.15) is 52.7 Å². The van der Waals surface area contributed by atoms with Gasteiger partial charge < -0.3 is 26.1 Å². The van der Waals surface area contributed by atoms with Crippen LogP contribution in [0.4, 0.5) is 0 Å². The van der Waals surface area contributed by atoms with E-state index in [0.717, 1.165) is 24.8 Å². The Bertz CT molecular complexity index is 813. The third-order valence-corrected chi connectivity index (χ3v) is 4.17. The lowest BCUT2D eigenvalue weighted by Gasteiger charge is -2.13.